The second kappa shape index (κ2) is 48.3. The van der Waals surface area contributed by atoms with Gasteiger partial charge in [-0.05, 0) is 63.3 Å². The number of thioether (sulfide) groups is 1. The molecule has 218 valence electrons. The molecule has 0 bridgehead atoms. The van der Waals surface area contributed by atoms with Crippen LogP contribution in [0.1, 0.15) is 79.4 Å². The van der Waals surface area contributed by atoms with E-state index in [1.165, 1.54) is 37.7 Å². The van der Waals surface area contributed by atoms with Gasteiger partial charge in [0.15, 0.2) is 0 Å². The first-order chi connectivity index (χ1) is 18.2. The Morgan fingerprint density at radius 2 is 1.37 bits per heavy atom. The number of allylic oxidation sites excluding steroid dienone is 2. The normalized spacial score (nSPS) is 7.89. The first kappa shape index (κ1) is 46.1. The van der Waals surface area contributed by atoms with Crippen LogP contribution in [0.5, 0.6) is 0 Å². The predicted octanol–water partition coefficient (Wildman–Crippen LogP) is 11.5. The number of aryl methyl sites for hydroxylation is 1. The zero-order chi connectivity index (χ0) is 30.3. The van der Waals surface area contributed by atoms with Crippen LogP contribution in [-0.4, -0.2) is 29.8 Å². The van der Waals surface area contributed by atoms with Crippen molar-refractivity contribution in [1.29, 1.82) is 5.26 Å². The molecular formula is C32H55NO2S3. The monoisotopic (exact) mass is 581 g/mol. The molecule has 0 spiro atoms. The minimum atomic E-state index is 0.325. The van der Waals surface area contributed by atoms with Gasteiger partial charge in [0.05, 0.1) is 12.3 Å². The van der Waals surface area contributed by atoms with Crippen molar-refractivity contribution in [3.63, 3.8) is 0 Å². The number of unbranched alkanes of at least 4 members (excludes halogenated alkanes) is 3. The van der Waals surface area contributed by atoms with Crippen LogP contribution in [0.2, 0.25) is 0 Å². The van der Waals surface area contributed by atoms with Crippen molar-refractivity contribution in [1.82, 2.24) is 0 Å². The molecule has 0 aliphatic rings. The predicted molar refractivity (Wildman–Crippen MR) is 181 cm³/mol. The number of hydrogen-bond donors (Lipinski definition) is 0. The van der Waals surface area contributed by atoms with Crippen LogP contribution in [-0.2, 0) is 4.79 Å². The molecular weight excluding hydrogens is 527 g/mol. The van der Waals surface area contributed by atoms with E-state index >= 15 is 0 Å². The largest absolute Gasteiger partial charge is 0.470 e. The number of hydrogen-bond acceptors (Lipinski definition) is 6. The van der Waals surface area contributed by atoms with E-state index in [9.17, 15) is 4.79 Å². The lowest BCUT2D eigenvalue weighted by Gasteiger charge is -1.93. The van der Waals surface area contributed by atoms with Gasteiger partial charge in [0, 0.05) is 13.3 Å². The van der Waals surface area contributed by atoms with Crippen LogP contribution in [0.3, 0.4) is 0 Å². The molecule has 0 saturated heterocycles. The number of nitriles is 1. The average molecular weight is 582 g/mol. The van der Waals surface area contributed by atoms with Crippen LogP contribution in [0.15, 0.2) is 84.0 Å². The van der Waals surface area contributed by atoms with Gasteiger partial charge in [-0.1, -0.05) is 123 Å². The number of benzene rings is 1. The second-order valence-corrected chi connectivity index (χ2v) is 11.5. The minimum absolute atomic E-state index is 0.325. The summed E-state index contributed by atoms with van der Waals surface area (Å²) in [6.45, 7) is 20.5. The molecule has 6 heteroatoms. The van der Waals surface area contributed by atoms with E-state index in [2.05, 4.69) is 46.4 Å². The van der Waals surface area contributed by atoms with Crippen molar-refractivity contribution >= 4 is 39.1 Å². The van der Waals surface area contributed by atoms with Gasteiger partial charge < -0.3 is 9.21 Å². The molecule has 0 amide bonds. The molecule has 0 unspecified atom stereocenters. The third-order valence-electron chi connectivity index (χ3n) is 3.64. The zero-order valence-corrected chi connectivity index (χ0v) is 28.1. The number of carbonyl (C=O) groups excluding carboxylic acids is 1. The summed E-state index contributed by atoms with van der Waals surface area (Å²) in [7, 11) is 3.55. The van der Waals surface area contributed by atoms with E-state index in [0.29, 0.717) is 5.78 Å². The summed E-state index contributed by atoms with van der Waals surface area (Å²) in [6.07, 6.45) is 13.1. The van der Waals surface area contributed by atoms with Crippen LogP contribution in [0, 0.1) is 18.3 Å². The zero-order valence-electron chi connectivity index (χ0n) is 25.6. The van der Waals surface area contributed by atoms with Crippen molar-refractivity contribution in [2.24, 2.45) is 0 Å². The molecule has 0 aliphatic carbocycles. The smallest absolute Gasteiger partial charge is 0.129 e. The van der Waals surface area contributed by atoms with E-state index in [1.807, 2.05) is 74.1 Å². The Morgan fingerprint density at radius 1 is 0.947 bits per heavy atom. The van der Waals surface area contributed by atoms with Crippen molar-refractivity contribution in [3.05, 3.63) is 85.4 Å². The minimum Gasteiger partial charge on any atom is -0.470 e. The van der Waals surface area contributed by atoms with Gasteiger partial charge >= 0.3 is 0 Å². The maximum absolute atomic E-state index is 10.4. The molecule has 1 aromatic heterocycles. The summed E-state index contributed by atoms with van der Waals surface area (Å²) in [5, 5.41) is 7.32. The third-order valence-corrected chi connectivity index (χ3v) is 5.79. The fourth-order valence-electron chi connectivity index (χ4n) is 1.75. The van der Waals surface area contributed by atoms with Crippen molar-refractivity contribution in [2.45, 2.75) is 80.6 Å². The molecule has 0 saturated carbocycles. The molecule has 2 aromatic rings. The van der Waals surface area contributed by atoms with E-state index in [4.69, 9.17) is 9.68 Å². The number of nitrogens with zero attached hydrogens (tertiary/aromatic N) is 1. The number of furan rings is 1. The molecule has 3 nitrogen and oxygen atoms in total. The molecule has 38 heavy (non-hydrogen) atoms. The van der Waals surface area contributed by atoms with Gasteiger partial charge in [-0.2, -0.15) is 17.0 Å². The Balaban J connectivity index is -0.000000114. The number of carbonyl (C=O) groups is 1. The van der Waals surface area contributed by atoms with Crippen molar-refractivity contribution in [2.75, 3.05) is 24.0 Å². The lowest BCUT2D eigenvalue weighted by Crippen LogP contribution is -1.88. The highest BCUT2D eigenvalue weighted by Gasteiger charge is 1.91. The van der Waals surface area contributed by atoms with E-state index in [1.54, 1.807) is 46.9 Å². The highest BCUT2D eigenvalue weighted by atomic mass is 33.1. The van der Waals surface area contributed by atoms with Gasteiger partial charge in [0.2, 0.25) is 0 Å². The fourth-order valence-corrected chi connectivity index (χ4v) is 2.16. The molecule has 0 fully saturated rings. The summed E-state index contributed by atoms with van der Waals surface area (Å²) in [5.74, 6) is 3.81. The van der Waals surface area contributed by atoms with Crippen molar-refractivity contribution in [3.8, 4) is 6.07 Å². The Hall–Kier alpha value is -1.81. The summed E-state index contributed by atoms with van der Waals surface area (Å²) in [4.78, 5) is 10.4. The quantitative estimate of drug-likeness (QED) is 0.167. The standard InChI is InChI=1S/C8H16O.C6H6.C5H6O.C5H8.C4H10S.C2H3N.C2H6S2/c1-3-4-5-6-7-8(2)9;1-2-4-6-5-3-1;1-5-3-2-4-6-5;1-4-5(2)3;1-3-5-4-2;1-2-3;1-3-4-2/h3-7H2,1-2H3;1-6H;2-4H,1H3;4H,1-2H2,3H3;3-4H2,1-2H3;1H3;1-2H3. The van der Waals surface area contributed by atoms with E-state index < -0.39 is 0 Å². The first-order valence-electron chi connectivity index (χ1n) is 12.9. The maximum atomic E-state index is 10.4. The average Bonchev–Trinajstić information content (AvgIpc) is 3.41. The van der Waals surface area contributed by atoms with Gasteiger partial charge in [0.1, 0.15) is 11.5 Å². The topological polar surface area (TPSA) is 54.0 Å². The summed E-state index contributed by atoms with van der Waals surface area (Å²) >= 11 is 1.96. The van der Waals surface area contributed by atoms with E-state index in [-0.39, 0.29) is 0 Å². The molecule has 2 rings (SSSR count). The maximum Gasteiger partial charge on any atom is 0.129 e. The number of Topliss-reactive ketones (excluding diaryl/α,β-unsaturated/α-hetero) is 1. The van der Waals surface area contributed by atoms with Gasteiger partial charge in [-0.3, -0.25) is 0 Å². The van der Waals surface area contributed by atoms with Crippen LogP contribution >= 0.6 is 33.3 Å². The molecule has 0 N–H and O–H groups in total. The summed E-state index contributed by atoms with van der Waals surface area (Å²) < 4.78 is 4.83. The van der Waals surface area contributed by atoms with Gasteiger partial charge in [-0.15, -0.1) is 0 Å². The Labute approximate surface area is 248 Å². The highest BCUT2D eigenvalue weighted by molar-refractivity contribution is 8.76. The fraction of sp³-hybridized carbons (Fsp3) is 0.500. The second-order valence-electron chi connectivity index (χ2n) is 7.28. The summed E-state index contributed by atoms with van der Waals surface area (Å²) in [6, 6.07) is 17.5. The van der Waals surface area contributed by atoms with Crippen LogP contribution in [0.25, 0.3) is 0 Å². The van der Waals surface area contributed by atoms with Crippen LogP contribution < -0.4 is 0 Å². The highest BCUT2D eigenvalue weighted by Crippen LogP contribution is 2.09. The number of ketones is 1. The SMILES string of the molecule is C=CC(=C)C.CC#N.CCCCCCC(C)=O.CCSCC.CSSC.Cc1ccco1.c1ccccc1. The first-order valence-corrected chi connectivity index (χ1v) is 17.0. The molecule has 1 heterocycles. The third kappa shape index (κ3) is 76.5. The lowest BCUT2D eigenvalue weighted by atomic mass is 10.1. The van der Waals surface area contributed by atoms with Crippen molar-refractivity contribution < 1.29 is 9.21 Å². The van der Waals surface area contributed by atoms with Gasteiger partial charge in [-0.25, -0.2) is 0 Å². The molecule has 1 aromatic carbocycles. The Morgan fingerprint density at radius 3 is 1.53 bits per heavy atom. The summed E-state index contributed by atoms with van der Waals surface area (Å²) in [5.41, 5.74) is 1.02. The molecule has 0 atom stereocenters. The molecule has 0 radical (unpaired) electrons. The Kier molecular flexibility index (Phi) is 58.5. The van der Waals surface area contributed by atoms with E-state index in [0.717, 1.165) is 24.2 Å². The lowest BCUT2D eigenvalue weighted by molar-refractivity contribution is -0.117. The molecule has 0 aliphatic heterocycles. The Bertz CT molecular complexity index is 681. The number of rotatable bonds is 9. The van der Waals surface area contributed by atoms with Gasteiger partial charge in [0.25, 0.3) is 0 Å². The van der Waals surface area contributed by atoms with Crippen LogP contribution in [0.4, 0.5) is 0 Å².